The Hall–Kier alpha value is -2.87. The van der Waals surface area contributed by atoms with Crippen LogP contribution in [0.1, 0.15) is 34.3 Å². The van der Waals surface area contributed by atoms with E-state index in [1.54, 1.807) is 10.2 Å². The van der Waals surface area contributed by atoms with E-state index in [0.717, 1.165) is 0 Å². The second-order valence-corrected chi connectivity index (χ2v) is 7.26. The first-order valence-electron chi connectivity index (χ1n) is 9.28. The Kier molecular flexibility index (Phi) is 4.82. The fourth-order valence-corrected chi connectivity index (χ4v) is 3.95. The standard InChI is InChI=1S/C21H19F3N2O3/c22-21(23,24)19(28)25-16-7-5-14(6-8-16)18(27)26-11-9-20(10-12-26)17-4-2-1-3-15(17)13-29-20/h1-8H,9-13H2,(H,25,28). The first kappa shape index (κ1) is 19.4. The quantitative estimate of drug-likeness (QED) is 0.827. The average Bonchev–Trinajstić information content (AvgIpc) is 3.06. The van der Waals surface area contributed by atoms with Gasteiger partial charge in [-0.3, -0.25) is 9.59 Å². The summed E-state index contributed by atoms with van der Waals surface area (Å²) in [4.78, 5) is 25.5. The number of alkyl halides is 3. The number of piperidine rings is 1. The van der Waals surface area contributed by atoms with Gasteiger partial charge in [-0.2, -0.15) is 13.2 Å². The SMILES string of the molecule is O=C(c1ccc(NC(=O)C(F)(F)F)cc1)N1CCC2(CC1)OCc1ccccc12. The molecule has 29 heavy (non-hydrogen) atoms. The van der Waals surface area contributed by atoms with Gasteiger partial charge in [0.15, 0.2) is 0 Å². The lowest BCUT2D eigenvalue weighted by Gasteiger charge is -2.39. The molecule has 1 spiro atoms. The summed E-state index contributed by atoms with van der Waals surface area (Å²) in [6, 6.07) is 13.5. The minimum Gasteiger partial charge on any atom is -0.365 e. The second-order valence-electron chi connectivity index (χ2n) is 7.26. The Morgan fingerprint density at radius 1 is 1.00 bits per heavy atom. The first-order valence-corrected chi connectivity index (χ1v) is 9.28. The van der Waals surface area contributed by atoms with E-state index in [0.29, 0.717) is 38.1 Å². The van der Waals surface area contributed by atoms with Gasteiger partial charge in [0.1, 0.15) is 0 Å². The molecule has 2 aromatic rings. The molecule has 2 aliphatic rings. The van der Waals surface area contributed by atoms with E-state index in [9.17, 15) is 22.8 Å². The molecule has 2 aliphatic heterocycles. The van der Waals surface area contributed by atoms with E-state index >= 15 is 0 Å². The van der Waals surface area contributed by atoms with Crippen LogP contribution in [0.4, 0.5) is 18.9 Å². The van der Waals surface area contributed by atoms with Gasteiger partial charge in [-0.15, -0.1) is 0 Å². The Bertz CT molecular complexity index is 933. The highest BCUT2D eigenvalue weighted by molar-refractivity contribution is 5.97. The van der Waals surface area contributed by atoms with Crippen molar-refractivity contribution >= 4 is 17.5 Å². The monoisotopic (exact) mass is 404 g/mol. The van der Waals surface area contributed by atoms with E-state index in [1.807, 2.05) is 12.1 Å². The highest BCUT2D eigenvalue weighted by atomic mass is 19.4. The van der Waals surface area contributed by atoms with Crippen molar-refractivity contribution in [3.63, 3.8) is 0 Å². The molecule has 0 bridgehead atoms. The lowest BCUT2D eigenvalue weighted by Crippen LogP contribution is -2.45. The molecule has 8 heteroatoms. The van der Waals surface area contributed by atoms with Gasteiger partial charge in [-0.25, -0.2) is 0 Å². The van der Waals surface area contributed by atoms with E-state index in [1.165, 1.54) is 35.4 Å². The maximum atomic E-state index is 12.8. The maximum absolute atomic E-state index is 12.8. The third-order valence-corrected chi connectivity index (χ3v) is 5.52. The summed E-state index contributed by atoms with van der Waals surface area (Å²) in [5.41, 5.74) is 2.37. The number of anilines is 1. The van der Waals surface area contributed by atoms with Crippen molar-refractivity contribution in [1.29, 1.82) is 0 Å². The molecule has 152 valence electrons. The fraction of sp³-hybridized carbons (Fsp3) is 0.333. The molecule has 1 N–H and O–H groups in total. The van der Waals surface area contributed by atoms with Crippen LogP contribution in [0.5, 0.6) is 0 Å². The Labute approximate surface area is 165 Å². The van der Waals surface area contributed by atoms with Crippen LogP contribution < -0.4 is 5.32 Å². The number of fused-ring (bicyclic) bond motifs is 2. The Morgan fingerprint density at radius 3 is 2.31 bits per heavy atom. The van der Waals surface area contributed by atoms with Crippen LogP contribution in [0.2, 0.25) is 0 Å². The predicted octanol–water partition coefficient (Wildman–Crippen LogP) is 3.85. The third kappa shape index (κ3) is 3.72. The van der Waals surface area contributed by atoms with Gasteiger partial charge in [0, 0.05) is 24.3 Å². The summed E-state index contributed by atoms with van der Waals surface area (Å²) in [5.74, 6) is -2.24. The van der Waals surface area contributed by atoms with Crippen molar-refractivity contribution in [2.24, 2.45) is 0 Å². The molecule has 0 atom stereocenters. The Balaban J connectivity index is 1.40. The summed E-state index contributed by atoms with van der Waals surface area (Å²) >= 11 is 0. The van der Waals surface area contributed by atoms with Gasteiger partial charge in [0.25, 0.3) is 5.91 Å². The fourth-order valence-electron chi connectivity index (χ4n) is 3.95. The topological polar surface area (TPSA) is 58.6 Å². The highest BCUT2D eigenvalue weighted by Gasteiger charge is 2.43. The number of hydrogen-bond acceptors (Lipinski definition) is 3. The summed E-state index contributed by atoms with van der Waals surface area (Å²) in [6.45, 7) is 1.63. The number of hydrogen-bond donors (Lipinski definition) is 1. The van der Waals surface area contributed by atoms with Crippen LogP contribution in [0, 0.1) is 0 Å². The second kappa shape index (κ2) is 7.18. The van der Waals surface area contributed by atoms with Crippen molar-refractivity contribution in [1.82, 2.24) is 4.90 Å². The number of nitrogens with one attached hydrogen (secondary N) is 1. The smallest absolute Gasteiger partial charge is 0.365 e. The molecular weight excluding hydrogens is 385 g/mol. The van der Waals surface area contributed by atoms with Gasteiger partial charge in [0.05, 0.1) is 12.2 Å². The van der Waals surface area contributed by atoms with Crippen molar-refractivity contribution in [2.45, 2.75) is 31.2 Å². The van der Waals surface area contributed by atoms with E-state index in [4.69, 9.17) is 4.74 Å². The number of amides is 2. The van der Waals surface area contributed by atoms with Gasteiger partial charge < -0.3 is 15.0 Å². The van der Waals surface area contributed by atoms with E-state index in [-0.39, 0.29) is 17.2 Å². The van der Waals surface area contributed by atoms with E-state index in [2.05, 4.69) is 12.1 Å². The minimum atomic E-state index is -4.96. The summed E-state index contributed by atoms with van der Waals surface area (Å²) in [5, 5.41) is 1.76. The van der Waals surface area contributed by atoms with Crippen molar-refractivity contribution < 1.29 is 27.5 Å². The van der Waals surface area contributed by atoms with E-state index < -0.39 is 12.1 Å². The maximum Gasteiger partial charge on any atom is 0.471 e. The molecule has 1 saturated heterocycles. The number of ether oxygens (including phenoxy) is 1. The lowest BCUT2D eigenvalue weighted by molar-refractivity contribution is -0.167. The van der Waals surface area contributed by atoms with Crippen LogP contribution in [-0.4, -0.2) is 36.0 Å². The Morgan fingerprint density at radius 2 is 1.66 bits per heavy atom. The molecular formula is C21H19F3N2O3. The molecule has 0 saturated carbocycles. The molecule has 0 aliphatic carbocycles. The molecule has 2 heterocycles. The summed E-state index contributed by atoms with van der Waals surface area (Å²) < 4.78 is 43.1. The van der Waals surface area contributed by atoms with Crippen molar-refractivity contribution in [3.8, 4) is 0 Å². The highest BCUT2D eigenvalue weighted by Crippen LogP contribution is 2.44. The molecule has 0 radical (unpaired) electrons. The normalized spacial score (nSPS) is 17.8. The van der Waals surface area contributed by atoms with Crippen LogP contribution >= 0.6 is 0 Å². The lowest BCUT2D eigenvalue weighted by atomic mass is 9.83. The van der Waals surface area contributed by atoms with Gasteiger partial charge in [-0.05, 0) is 48.2 Å². The van der Waals surface area contributed by atoms with Crippen LogP contribution in [0.3, 0.4) is 0 Å². The van der Waals surface area contributed by atoms with Crippen molar-refractivity contribution in [3.05, 3.63) is 65.2 Å². The summed E-state index contributed by atoms with van der Waals surface area (Å²) in [7, 11) is 0. The first-order chi connectivity index (χ1) is 13.8. The van der Waals surface area contributed by atoms with Gasteiger partial charge >= 0.3 is 12.1 Å². The summed E-state index contributed by atoms with van der Waals surface area (Å²) in [6.07, 6.45) is -3.58. The number of benzene rings is 2. The molecule has 0 aromatic heterocycles. The molecule has 2 amide bonds. The number of likely N-dealkylation sites (tertiary alicyclic amines) is 1. The van der Waals surface area contributed by atoms with Gasteiger partial charge in [-0.1, -0.05) is 24.3 Å². The van der Waals surface area contributed by atoms with Gasteiger partial charge in [0.2, 0.25) is 0 Å². The predicted molar refractivity (Wildman–Crippen MR) is 99.2 cm³/mol. The number of rotatable bonds is 2. The van der Waals surface area contributed by atoms with Crippen LogP contribution in [0.25, 0.3) is 0 Å². The zero-order valence-electron chi connectivity index (χ0n) is 15.5. The van der Waals surface area contributed by atoms with Crippen LogP contribution in [0.15, 0.2) is 48.5 Å². The molecule has 2 aromatic carbocycles. The molecule has 1 fully saturated rings. The molecule has 4 rings (SSSR count). The molecule has 0 unspecified atom stereocenters. The number of nitrogens with zero attached hydrogens (tertiary/aromatic N) is 1. The zero-order chi connectivity index (χ0) is 20.6. The largest absolute Gasteiger partial charge is 0.471 e. The average molecular weight is 404 g/mol. The number of carbonyl (C=O) groups is 2. The number of halogens is 3. The third-order valence-electron chi connectivity index (χ3n) is 5.52. The zero-order valence-corrected chi connectivity index (χ0v) is 15.5. The number of carbonyl (C=O) groups excluding carboxylic acids is 2. The minimum absolute atomic E-state index is 0.0163. The van der Waals surface area contributed by atoms with Crippen molar-refractivity contribution in [2.75, 3.05) is 18.4 Å². The molecule has 5 nitrogen and oxygen atoms in total. The van der Waals surface area contributed by atoms with Crippen LogP contribution in [-0.2, 0) is 21.7 Å².